The third-order valence-electron chi connectivity index (χ3n) is 5.83. The quantitative estimate of drug-likeness (QED) is 0.507. The summed E-state index contributed by atoms with van der Waals surface area (Å²) >= 11 is 7.81. The second-order valence-corrected chi connectivity index (χ2v) is 9.50. The van der Waals surface area contributed by atoms with Crippen molar-refractivity contribution in [2.45, 2.75) is 30.7 Å². The van der Waals surface area contributed by atoms with Crippen molar-refractivity contribution in [1.29, 1.82) is 5.26 Å². The summed E-state index contributed by atoms with van der Waals surface area (Å²) in [4.78, 5) is 6.60. The van der Waals surface area contributed by atoms with E-state index in [1.165, 1.54) is 38.8 Å². The maximum atomic E-state index is 10.0. The molecular weight excluding hydrogens is 422 g/mol. The third-order valence-corrected chi connectivity index (χ3v) is 7.06. The van der Waals surface area contributed by atoms with Crippen LogP contribution in [0.1, 0.15) is 31.2 Å². The summed E-state index contributed by atoms with van der Waals surface area (Å²) in [5, 5.41) is 11.5. The number of benzene rings is 2. The van der Waals surface area contributed by atoms with Crippen molar-refractivity contribution in [2.24, 2.45) is 0 Å². The number of likely N-dealkylation sites (tertiary alicyclic amines) is 1. The van der Waals surface area contributed by atoms with E-state index in [0.717, 1.165) is 39.7 Å². The second kappa shape index (κ2) is 10.8. The molecule has 0 bridgehead atoms. The lowest BCUT2D eigenvalue weighted by Gasteiger charge is -2.17. The van der Waals surface area contributed by atoms with Gasteiger partial charge in [-0.3, -0.25) is 0 Å². The van der Waals surface area contributed by atoms with Crippen LogP contribution in [0.25, 0.3) is 22.4 Å². The highest BCUT2D eigenvalue weighted by Crippen LogP contribution is 2.34. The zero-order valence-electron chi connectivity index (χ0n) is 17.6. The van der Waals surface area contributed by atoms with Crippen molar-refractivity contribution in [1.82, 2.24) is 4.98 Å². The summed E-state index contributed by atoms with van der Waals surface area (Å²) in [5.41, 5.74) is 4.51. The van der Waals surface area contributed by atoms with Crippen LogP contribution in [0.4, 0.5) is 0 Å². The fourth-order valence-electron chi connectivity index (χ4n) is 4.12. The van der Waals surface area contributed by atoms with E-state index in [4.69, 9.17) is 16.6 Å². The van der Waals surface area contributed by atoms with E-state index in [0.29, 0.717) is 10.6 Å². The second-order valence-electron chi connectivity index (χ2n) is 7.98. The lowest BCUT2D eigenvalue weighted by Crippen LogP contribution is -3.12. The summed E-state index contributed by atoms with van der Waals surface area (Å²) in [5.74, 6) is 0.968. The van der Waals surface area contributed by atoms with Crippen molar-refractivity contribution in [3.63, 3.8) is 0 Å². The Labute approximate surface area is 194 Å². The predicted octanol–water partition coefficient (Wildman–Crippen LogP) is 5.49. The Morgan fingerprint density at radius 1 is 0.935 bits per heavy atom. The molecule has 1 aliphatic heterocycles. The monoisotopic (exact) mass is 448 g/mol. The topological polar surface area (TPSA) is 41.1 Å². The third kappa shape index (κ3) is 5.68. The van der Waals surface area contributed by atoms with E-state index < -0.39 is 0 Å². The summed E-state index contributed by atoms with van der Waals surface area (Å²) in [6.45, 7) is 3.64. The van der Waals surface area contributed by atoms with Crippen LogP contribution in [0.2, 0.25) is 5.02 Å². The minimum atomic E-state index is 0.651. The van der Waals surface area contributed by atoms with Crippen LogP contribution in [-0.4, -0.2) is 30.4 Å². The first-order chi connectivity index (χ1) is 15.2. The number of nitrogens with zero attached hydrogens (tertiary/aromatic N) is 2. The maximum absolute atomic E-state index is 10.0. The van der Waals surface area contributed by atoms with E-state index >= 15 is 0 Å². The fraction of sp³-hybridized carbons (Fsp3) is 0.308. The van der Waals surface area contributed by atoms with Crippen LogP contribution in [-0.2, 0) is 0 Å². The Morgan fingerprint density at radius 2 is 1.65 bits per heavy atom. The van der Waals surface area contributed by atoms with E-state index in [1.54, 1.807) is 16.7 Å². The highest BCUT2D eigenvalue weighted by molar-refractivity contribution is 7.99. The molecule has 158 valence electrons. The van der Waals surface area contributed by atoms with Gasteiger partial charge in [-0.15, -0.1) is 0 Å². The van der Waals surface area contributed by atoms with Crippen molar-refractivity contribution >= 4 is 23.4 Å². The first-order valence-corrected chi connectivity index (χ1v) is 12.3. The molecular formula is C26H27ClN3S+. The number of quaternary nitrogens is 1. The average molecular weight is 449 g/mol. The molecule has 1 N–H and O–H groups in total. The van der Waals surface area contributed by atoms with Crippen LogP contribution in [0.3, 0.4) is 0 Å². The zero-order valence-corrected chi connectivity index (χ0v) is 19.2. The lowest BCUT2D eigenvalue weighted by atomic mass is 9.99. The highest BCUT2D eigenvalue weighted by Gasteiger charge is 2.17. The van der Waals surface area contributed by atoms with Gasteiger partial charge in [0, 0.05) is 21.9 Å². The van der Waals surface area contributed by atoms with Crippen LogP contribution in [0.5, 0.6) is 0 Å². The minimum absolute atomic E-state index is 0.651. The van der Waals surface area contributed by atoms with Gasteiger partial charge in [-0.1, -0.05) is 65.8 Å². The number of thioether (sulfide) groups is 1. The minimum Gasteiger partial charge on any atom is -0.334 e. The summed E-state index contributed by atoms with van der Waals surface area (Å²) in [6, 6.07) is 22.3. The largest absolute Gasteiger partial charge is 0.334 e. The van der Waals surface area contributed by atoms with Crippen LogP contribution in [0.15, 0.2) is 65.7 Å². The molecule has 0 atom stereocenters. The van der Waals surface area contributed by atoms with E-state index in [9.17, 15) is 5.26 Å². The van der Waals surface area contributed by atoms with Gasteiger partial charge in [0.05, 0.1) is 30.9 Å². The van der Waals surface area contributed by atoms with Crippen molar-refractivity contribution in [2.75, 3.05) is 25.4 Å². The molecule has 1 fully saturated rings. The molecule has 0 unspecified atom stereocenters. The molecule has 1 aliphatic rings. The molecule has 0 spiro atoms. The maximum Gasteiger partial charge on any atom is 0.115 e. The molecule has 2 aromatic carbocycles. The molecule has 3 nitrogen and oxygen atoms in total. The van der Waals surface area contributed by atoms with E-state index in [2.05, 4.69) is 18.2 Å². The average Bonchev–Trinajstić information content (AvgIpc) is 3.08. The van der Waals surface area contributed by atoms with Gasteiger partial charge in [-0.2, -0.15) is 5.26 Å². The van der Waals surface area contributed by atoms with Crippen molar-refractivity contribution < 1.29 is 4.90 Å². The molecule has 0 saturated carbocycles. The Bertz CT molecular complexity index is 1040. The van der Waals surface area contributed by atoms with Gasteiger partial charge in [0.25, 0.3) is 0 Å². The predicted molar refractivity (Wildman–Crippen MR) is 130 cm³/mol. The van der Waals surface area contributed by atoms with E-state index in [-0.39, 0.29) is 0 Å². The lowest BCUT2D eigenvalue weighted by molar-refractivity contribution is -0.896. The number of rotatable bonds is 6. The molecule has 1 aromatic heterocycles. The smallest absolute Gasteiger partial charge is 0.115 e. The Balaban J connectivity index is 1.66. The Hall–Kier alpha value is -2.32. The number of pyridine rings is 1. The first-order valence-electron chi connectivity index (χ1n) is 11.0. The highest BCUT2D eigenvalue weighted by atomic mass is 35.5. The van der Waals surface area contributed by atoms with Gasteiger partial charge >= 0.3 is 0 Å². The van der Waals surface area contributed by atoms with Gasteiger partial charge in [0.1, 0.15) is 11.1 Å². The number of aromatic nitrogens is 1. The van der Waals surface area contributed by atoms with Gasteiger partial charge in [-0.05, 0) is 49.4 Å². The molecule has 0 aliphatic carbocycles. The number of hydrogen-bond acceptors (Lipinski definition) is 3. The van der Waals surface area contributed by atoms with E-state index in [1.807, 2.05) is 48.5 Å². The van der Waals surface area contributed by atoms with Crippen molar-refractivity contribution in [3.8, 4) is 28.5 Å². The molecule has 3 aromatic rings. The normalized spacial score (nSPS) is 14.7. The van der Waals surface area contributed by atoms with Crippen molar-refractivity contribution in [3.05, 3.63) is 71.2 Å². The van der Waals surface area contributed by atoms with Crippen LogP contribution in [0, 0.1) is 11.3 Å². The van der Waals surface area contributed by atoms with Crippen LogP contribution >= 0.6 is 23.4 Å². The van der Waals surface area contributed by atoms with Gasteiger partial charge in [0.15, 0.2) is 0 Å². The van der Waals surface area contributed by atoms with Gasteiger partial charge < -0.3 is 4.90 Å². The molecule has 1 saturated heterocycles. The van der Waals surface area contributed by atoms with Gasteiger partial charge in [-0.25, -0.2) is 4.98 Å². The number of nitriles is 1. The zero-order chi connectivity index (χ0) is 21.5. The molecule has 5 heteroatoms. The summed E-state index contributed by atoms with van der Waals surface area (Å²) in [7, 11) is 0. The first kappa shape index (κ1) is 21.9. The molecule has 2 heterocycles. The molecule has 0 radical (unpaired) electrons. The SMILES string of the molecule is N#Cc1c(-c2ccc(Cl)cc2)cc(-c2ccccc2)nc1SCC[NH+]1CCCCCC1. The standard InChI is InChI=1S/C26H26ClN3S/c27-22-12-10-20(11-13-22)23-18-25(21-8-4-3-5-9-21)29-26(24(23)19-28)31-17-16-30-14-6-1-2-7-15-30/h3-5,8-13,18H,1-2,6-7,14-17H2/p+1. The number of halogens is 1. The molecule has 4 rings (SSSR count). The number of nitrogens with one attached hydrogen (secondary N) is 1. The molecule has 0 amide bonds. The molecule has 31 heavy (non-hydrogen) atoms. The summed E-state index contributed by atoms with van der Waals surface area (Å²) in [6.07, 6.45) is 5.37. The summed E-state index contributed by atoms with van der Waals surface area (Å²) < 4.78 is 0. The van der Waals surface area contributed by atoms with Crippen LogP contribution < -0.4 is 4.90 Å². The van der Waals surface area contributed by atoms with Gasteiger partial charge in [0.2, 0.25) is 0 Å². The Morgan fingerprint density at radius 3 is 2.32 bits per heavy atom. The Kier molecular flexibility index (Phi) is 7.64. The number of hydrogen-bond donors (Lipinski definition) is 1. The fourth-order valence-corrected chi connectivity index (χ4v) is 5.29.